The summed E-state index contributed by atoms with van der Waals surface area (Å²) < 4.78 is 14.2. The summed E-state index contributed by atoms with van der Waals surface area (Å²) in [5.74, 6) is 4.19. The Labute approximate surface area is 133 Å². The van der Waals surface area contributed by atoms with Gasteiger partial charge in [0.1, 0.15) is 12.4 Å². The molecule has 21 heavy (non-hydrogen) atoms. The van der Waals surface area contributed by atoms with Crippen LogP contribution in [0.25, 0.3) is 0 Å². The number of nitrogens with one attached hydrogen (secondary N) is 1. The molecule has 1 amide bonds. The van der Waals surface area contributed by atoms with Crippen LogP contribution in [0, 0.1) is 17.7 Å². The number of amides is 1. The average Bonchev–Trinajstić information content (AvgIpc) is 2.88. The van der Waals surface area contributed by atoms with Crippen molar-refractivity contribution in [1.82, 2.24) is 5.32 Å². The molecule has 1 aromatic carbocycles. The fourth-order valence-corrected chi connectivity index (χ4v) is 3.09. The number of benzene rings is 1. The molecule has 0 atom stereocenters. The van der Waals surface area contributed by atoms with E-state index in [9.17, 15) is 9.18 Å². The summed E-state index contributed by atoms with van der Waals surface area (Å²) in [6.07, 6.45) is 0. The molecule has 0 saturated heterocycles. The number of hydrogen-bond donors (Lipinski definition) is 2. The lowest BCUT2D eigenvalue weighted by atomic mass is 10.1. The summed E-state index contributed by atoms with van der Waals surface area (Å²) in [6, 6.07) is 5.68. The summed E-state index contributed by atoms with van der Waals surface area (Å²) in [7, 11) is 0. The van der Waals surface area contributed by atoms with Crippen LogP contribution in [0.5, 0.6) is 0 Å². The number of rotatable bonds is 3. The number of carbonyl (C=O) groups is 1. The molecule has 6 heteroatoms. The van der Waals surface area contributed by atoms with Gasteiger partial charge in [-0.1, -0.05) is 11.8 Å². The maximum Gasteiger partial charge on any atom is 0.252 e. The van der Waals surface area contributed by atoms with E-state index in [1.165, 1.54) is 29.5 Å². The minimum atomic E-state index is -0.477. The average molecular weight is 368 g/mol. The molecule has 2 aromatic rings. The van der Waals surface area contributed by atoms with E-state index in [2.05, 4.69) is 33.1 Å². The largest absolute Gasteiger partial charge is 0.384 e. The minimum absolute atomic E-state index is 0.256. The lowest BCUT2D eigenvalue weighted by Crippen LogP contribution is -2.23. The molecular weight excluding hydrogens is 357 g/mol. The molecule has 0 aliphatic rings. The third-order valence-corrected chi connectivity index (χ3v) is 4.56. The van der Waals surface area contributed by atoms with Crippen LogP contribution in [0.1, 0.15) is 20.8 Å². The van der Waals surface area contributed by atoms with Gasteiger partial charge in [-0.15, -0.1) is 11.3 Å². The van der Waals surface area contributed by atoms with Gasteiger partial charge >= 0.3 is 0 Å². The van der Waals surface area contributed by atoms with Crippen molar-refractivity contribution < 1.29 is 14.3 Å². The van der Waals surface area contributed by atoms with Crippen LogP contribution in [-0.2, 0) is 6.54 Å². The predicted octanol–water partition coefficient (Wildman–Crippen LogP) is 2.92. The van der Waals surface area contributed by atoms with E-state index in [4.69, 9.17) is 5.11 Å². The summed E-state index contributed by atoms with van der Waals surface area (Å²) in [5, 5.41) is 13.4. The van der Waals surface area contributed by atoms with Crippen molar-refractivity contribution in [2.75, 3.05) is 6.61 Å². The Morgan fingerprint density at radius 1 is 1.43 bits per heavy atom. The number of thiophene rings is 1. The second-order valence-corrected chi connectivity index (χ2v) is 5.88. The second kappa shape index (κ2) is 7.36. The molecule has 1 heterocycles. The first kappa shape index (κ1) is 15.7. The fourth-order valence-electron chi connectivity index (χ4n) is 1.66. The van der Waals surface area contributed by atoms with E-state index < -0.39 is 5.82 Å². The van der Waals surface area contributed by atoms with Crippen molar-refractivity contribution in [3.63, 3.8) is 0 Å². The minimum Gasteiger partial charge on any atom is -0.384 e. The molecule has 0 spiro atoms. The fraction of sp³-hybridized carbons (Fsp3) is 0.133. The zero-order valence-electron chi connectivity index (χ0n) is 10.8. The van der Waals surface area contributed by atoms with E-state index in [0.29, 0.717) is 6.54 Å². The van der Waals surface area contributed by atoms with E-state index in [1.807, 2.05) is 11.4 Å². The van der Waals surface area contributed by atoms with Crippen LogP contribution < -0.4 is 5.32 Å². The molecule has 108 valence electrons. The molecule has 2 N–H and O–H groups in total. The highest BCUT2D eigenvalue weighted by Crippen LogP contribution is 2.22. The third kappa shape index (κ3) is 4.14. The first-order valence-electron chi connectivity index (χ1n) is 6.01. The Kier molecular flexibility index (Phi) is 5.51. The first-order valence-corrected chi connectivity index (χ1v) is 7.68. The highest BCUT2D eigenvalue weighted by atomic mass is 79.9. The molecule has 0 unspecified atom stereocenters. The summed E-state index contributed by atoms with van der Waals surface area (Å²) >= 11 is 4.91. The molecule has 0 aliphatic carbocycles. The van der Waals surface area contributed by atoms with E-state index in [-0.39, 0.29) is 23.6 Å². The first-order chi connectivity index (χ1) is 10.1. The number of halogens is 2. The second-order valence-electron chi connectivity index (χ2n) is 4.02. The van der Waals surface area contributed by atoms with Crippen LogP contribution >= 0.6 is 27.3 Å². The van der Waals surface area contributed by atoms with Crippen LogP contribution in [0.15, 0.2) is 34.1 Å². The van der Waals surface area contributed by atoms with E-state index in [1.54, 1.807) is 0 Å². The number of aliphatic hydroxyl groups excluding tert-OH is 1. The number of hydrogen-bond acceptors (Lipinski definition) is 3. The monoisotopic (exact) mass is 367 g/mol. The van der Waals surface area contributed by atoms with Gasteiger partial charge in [-0.3, -0.25) is 4.79 Å². The molecule has 1 aromatic heterocycles. The smallest absolute Gasteiger partial charge is 0.252 e. The van der Waals surface area contributed by atoms with Gasteiger partial charge in [0, 0.05) is 14.9 Å². The summed E-state index contributed by atoms with van der Waals surface area (Å²) in [6.45, 7) is 0.0288. The molecule has 0 saturated carbocycles. The molecule has 2 rings (SSSR count). The van der Waals surface area contributed by atoms with Crippen LogP contribution in [0.3, 0.4) is 0 Å². The van der Waals surface area contributed by atoms with Gasteiger partial charge < -0.3 is 10.4 Å². The van der Waals surface area contributed by atoms with Crippen molar-refractivity contribution in [3.8, 4) is 11.8 Å². The Bertz CT molecular complexity index is 718. The lowest BCUT2D eigenvalue weighted by Gasteiger charge is -2.06. The predicted molar refractivity (Wildman–Crippen MR) is 83.6 cm³/mol. The summed E-state index contributed by atoms with van der Waals surface area (Å²) in [4.78, 5) is 13.2. The molecular formula is C15H11BrFNO2S. The lowest BCUT2D eigenvalue weighted by molar-refractivity contribution is 0.0951. The standard InChI is InChI=1S/C15H11BrFNO2S/c16-13-5-7-21-14(13)9-18-15(20)12-4-3-11(17)8-10(12)2-1-6-19/h3-5,7-8,19H,6,9H2,(H,18,20). The molecule has 0 radical (unpaired) electrons. The highest BCUT2D eigenvalue weighted by molar-refractivity contribution is 9.10. The quantitative estimate of drug-likeness (QED) is 0.819. The van der Waals surface area contributed by atoms with Gasteiger partial charge in [0.15, 0.2) is 0 Å². The molecule has 0 aliphatic heterocycles. The van der Waals surface area contributed by atoms with Crippen molar-refractivity contribution in [1.29, 1.82) is 0 Å². The van der Waals surface area contributed by atoms with Gasteiger partial charge in [0.2, 0.25) is 0 Å². The van der Waals surface area contributed by atoms with Crippen molar-refractivity contribution >= 4 is 33.2 Å². The normalized spacial score (nSPS) is 9.86. The zero-order chi connectivity index (χ0) is 15.2. The van der Waals surface area contributed by atoms with Crippen molar-refractivity contribution in [3.05, 3.63) is 55.9 Å². The Hall–Kier alpha value is -1.68. The van der Waals surface area contributed by atoms with Gasteiger partial charge in [-0.05, 0) is 45.6 Å². The molecule has 0 bridgehead atoms. The summed E-state index contributed by atoms with van der Waals surface area (Å²) in [5.41, 5.74) is 0.539. The van der Waals surface area contributed by atoms with Crippen molar-refractivity contribution in [2.24, 2.45) is 0 Å². The van der Waals surface area contributed by atoms with Gasteiger partial charge in [0.05, 0.1) is 12.1 Å². The number of aliphatic hydroxyl groups is 1. The van der Waals surface area contributed by atoms with E-state index >= 15 is 0 Å². The van der Waals surface area contributed by atoms with Crippen LogP contribution in [-0.4, -0.2) is 17.6 Å². The molecule has 3 nitrogen and oxygen atoms in total. The Morgan fingerprint density at radius 2 is 2.24 bits per heavy atom. The van der Waals surface area contributed by atoms with Crippen molar-refractivity contribution in [2.45, 2.75) is 6.54 Å². The Balaban J connectivity index is 2.17. The van der Waals surface area contributed by atoms with Crippen LogP contribution in [0.2, 0.25) is 0 Å². The van der Waals surface area contributed by atoms with Gasteiger partial charge in [0.25, 0.3) is 5.91 Å². The maximum atomic E-state index is 13.2. The SMILES string of the molecule is O=C(NCc1sccc1Br)c1ccc(F)cc1C#CCO. The van der Waals surface area contributed by atoms with Crippen LogP contribution in [0.4, 0.5) is 4.39 Å². The highest BCUT2D eigenvalue weighted by Gasteiger charge is 2.12. The molecule has 0 fully saturated rings. The Morgan fingerprint density at radius 3 is 2.90 bits per heavy atom. The topological polar surface area (TPSA) is 49.3 Å². The third-order valence-electron chi connectivity index (χ3n) is 2.63. The van der Waals surface area contributed by atoms with Gasteiger partial charge in [-0.2, -0.15) is 0 Å². The van der Waals surface area contributed by atoms with E-state index in [0.717, 1.165) is 9.35 Å². The van der Waals surface area contributed by atoms with Gasteiger partial charge in [-0.25, -0.2) is 4.39 Å². The maximum absolute atomic E-state index is 13.2. The zero-order valence-corrected chi connectivity index (χ0v) is 13.2. The number of carbonyl (C=O) groups excluding carboxylic acids is 1.